The summed E-state index contributed by atoms with van der Waals surface area (Å²) in [6.45, 7) is -1.14. The average Bonchev–Trinajstić information content (AvgIpc) is 3.13. The van der Waals surface area contributed by atoms with Crippen molar-refractivity contribution in [2.24, 2.45) is 0 Å². The van der Waals surface area contributed by atoms with Gasteiger partial charge < -0.3 is 14.6 Å². The summed E-state index contributed by atoms with van der Waals surface area (Å²) in [7, 11) is 3.10. The SMILES string of the molecule is COC(=O)C1=C(C)N(C)c2sc(-c3ccccc3)c(O)[n+]2C1c1ccc(OC(F)F)cc1. The molecule has 4 rings (SSSR count). The van der Waals surface area contributed by atoms with Gasteiger partial charge in [0.05, 0.1) is 14.2 Å². The Kier molecular flexibility index (Phi) is 5.84. The van der Waals surface area contributed by atoms with Gasteiger partial charge in [-0.2, -0.15) is 13.3 Å². The van der Waals surface area contributed by atoms with Crippen molar-refractivity contribution in [2.75, 3.05) is 19.1 Å². The van der Waals surface area contributed by atoms with Crippen molar-refractivity contribution in [3.8, 4) is 22.1 Å². The molecule has 166 valence electrons. The molecule has 0 saturated carbocycles. The van der Waals surface area contributed by atoms with Crippen LogP contribution >= 0.6 is 11.3 Å². The number of carbonyl (C=O) groups excluding carboxylic acids is 1. The predicted octanol–water partition coefficient (Wildman–Crippen LogP) is 4.50. The van der Waals surface area contributed by atoms with Crippen molar-refractivity contribution in [3.63, 3.8) is 0 Å². The summed E-state index contributed by atoms with van der Waals surface area (Å²) in [4.78, 5) is 15.3. The van der Waals surface area contributed by atoms with E-state index in [1.807, 2.05) is 42.3 Å². The van der Waals surface area contributed by atoms with Gasteiger partial charge in [-0.05, 0) is 36.0 Å². The van der Waals surface area contributed by atoms with Crippen LogP contribution in [0.1, 0.15) is 18.5 Å². The minimum absolute atomic E-state index is 0.00161. The molecule has 1 aromatic heterocycles. The van der Waals surface area contributed by atoms with Crippen molar-refractivity contribution in [3.05, 3.63) is 71.4 Å². The maximum atomic E-state index is 12.8. The molecule has 0 amide bonds. The van der Waals surface area contributed by atoms with Gasteiger partial charge >= 0.3 is 23.6 Å². The van der Waals surface area contributed by atoms with Crippen molar-refractivity contribution in [1.29, 1.82) is 0 Å². The van der Waals surface area contributed by atoms with Crippen LogP contribution in [0.2, 0.25) is 0 Å². The molecule has 32 heavy (non-hydrogen) atoms. The van der Waals surface area contributed by atoms with E-state index >= 15 is 0 Å². The highest BCUT2D eigenvalue weighted by molar-refractivity contribution is 7.18. The minimum atomic E-state index is -2.94. The molecule has 0 radical (unpaired) electrons. The van der Waals surface area contributed by atoms with Crippen LogP contribution in [-0.4, -0.2) is 31.8 Å². The number of benzene rings is 2. The van der Waals surface area contributed by atoms with Crippen LogP contribution in [0.4, 0.5) is 13.9 Å². The number of aromatic nitrogens is 1. The number of carbonyl (C=O) groups is 1. The topological polar surface area (TPSA) is 62.9 Å². The molecule has 1 aliphatic rings. The van der Waals surface area contributed by atoms with Gasteiger partial charge in [-0.1, -0.05) is 42.5 Å². The Labute approximate surface area is 187 Å². The molecule has 0 aliphatic carbocycles. The largest absolute Gasteiger partial charge is 0.477 e. The second-order valence-electron chi connectivity index (χ2n) is 7.17. The molecule has 0 saturated heterocycles. The molecular formula is C23H21F2N2O4S+. The third kappa shape index (κ3) is 3.69. The van der Waals surface area contributed by atoms with E-state index in [1.54, 1.807) is 23.6 Å². The fourth-order valence-electron chi connectivity index (χ4n) is 3.79. The van der Waals surface area contributed by atoms with E-state index < -0.39 is 18.6 Å². The highest BCUT2D eigenvalue weighted by Gasteiger charge is 2.45. The second-order valence-corrected chi connectivity index (χ2v) is 8.15. The standard InChI is InChI=1S/C23H20F2N2O4S/c1-13-17(21(29)30-3)18(14-9-11-16(12-10-14)31-22(24)25)27-20(28)19(32-23(27)26(13)2)15-7-5-4-6-8-15/h4-12,18,22H,1-3H3/p+1. The maximum Gasteiger partial charge on any atom is 0.387 e. The Morgan fingerprint density at radius 3 is 2.41 bits per heavy atom. The number of hydrogen-bond donors (Lipinski definition) is 1. The smallest absolute Gasteiger partial charge is 0.387 e. The van der Waals surface area contributed by atoms with Gasteiger partial charge in [0.25, 0.3) is 0 Å². The number of alkyl halides is 2. The number of halogens is 2. The summed E-state index contributed by atoms with van der Waals surface area (Å²) in [6, 6.07) is 14.7. The van der Waals surface area contributed by atoms with E-state index in [2.05, 4.69) is 4.74 Å². The van der Waals surface area contributed by atoms with Crippen molar-refractivity contribution in [2.45, 2.75) is 19.6 Å². The zero-order chi connectivity index (χ0) is 23.0. The van der Waals surface area contributed by atoms with Crippen LogP contribution in [0.25, 0.3) is 10.4 Å². The molecule has 9 heteroatoms. The van der Waals surface area contributed by atoms with Crippen LogP contribution in [0, 0.1) is 0 Å². The highest BCUT2D eigenvalue weighted by Crippen LogP contribution is 2.44. The number of ether oxygens (including phenoxy) is 2. The zero-order valence-corrected chi connectivity index (χ0v) is 18.4. The Bertz CT molecular complexity index is 1180. The van der Waals surface area contributed by atoms with Crippen LogP contribution in [0.3, 0.4) is 0 Å². The van der Waals surface area contributed by atoms with Gasteiger partial charge in [-0.15, -0.1) is 0 Å². The van der Waals surface area contributed by atoms with Gasteiger partial charge in [0.1, 0.15) is 21.9 Å². The number of allylic oxidation sites excluding steroid dienone is 1. The van der Waals surface area contributed by atoms with Gasteiger partial charge in [-0.3, -0.25) is 0 Å². The number of nitrogens with zero attached hydrogens (tertiary/aromatic N) is 2. The summed E-state index contributed by atoms with van der Waals surface area (Å²) < 4.78 is 36.3. The number of anilines is 1. The normalized spacial score (nSPS) is 15.7. The van der Waals surface area contributed by atoms with E-state index in [1.165, 1.54) is 30.6 Å². The molecule has 0 fully saturated rings. The van der Waals surface area contributed by atoms with Crippen molar-refractivity contribution >= 4 is 22.4 Å². The Morgan fingerprint density at radius 1 is 1.16 bits per heavy atom. The van der Waals surface area contributed by atoms with E-state index in [-0.39, 0.29) is 11.6 Å². The number of hydrogen-bond acceptors (Lipinski definition) is 6. The predicted molar refractivity (Wildman–Crippen MR) is 116 cm³/mol. The number of aromatic hydroxyl groups is 1. The van der Waals surface area contributed by atoms with Gasteiger partial charge in [0, 0.05) is 5.56 Å². The first-order valence-corrected chi connectivity index (χ1v) is 10.6. The molecule has 0 spiro atoms. The fourth-order valence-corrected chi connectivity index (χ4v) is 4.98. The lowest BCUT2D eigenvalue weighted by Crippen LogP contribution is -2.50. The molecule has 2 heterocycles. The Balaban J connectivity index is 1.91. The molecule has 1 unspecified atom stereocenters. The number of methoxy groups -OCH3 is 1. The van der Waals surface area contributed by atoms with Crippen molar-refractivity contribution in [1.82, 2.24) is 0 Å². The molecule has 1 atom stereocenters. The number of thiazole rings is 1. The van der Waals surface area contributed by atoms with Gasteiger partial charge in [0.15, 0.2) is 6.04 Å². The molecular weight excluding hydrogens is 438 g/mol. The summed E-state index contributed by atoms with van der Waals surface area (Å²) in [5.41, 5.74) is 2.44. The summed E-state index contributed by atoms with van der Waals surface area (Å²) >= 11 is 1.39. The molecule has 6 nitrogen and oxygen atoms in total. The molecule has 0 bridgehead atoms. The monoisotopic (exact) mass is 459 g/mol. The third-order valence-electron chi connectivity index (χ3n) is 5.40. The van der Waals surface area contributed by atoms with E-state index in [4.69, 9.17) is 4.74 Å². The number of rotatable bonds is 5. The number of fused-ring (bicyclic) bond motifs is 1. The van der Waals surface area contributed by atoms with Crippen molar-refractivity contribution < 1.29 is 32.7 Å². The lowest BCUT2D eigenvalue weighted by atomic mass is 9.94. The summed E-state index contributed by atoms with van der Waals surface area (Å²) in [6.07, 6.45) is 0. The first-order chi connectivity index (χ1) is 15.3. The average molecular weight is 459 g/mol. The van der Waals surface area contributed by atoms with Crippen LogP contribution < -0.4 is 14.2 Å². The number of esters is 1. The van der Waals surface area contributed by atoms with Gasteiger partial charge in [0.2, 0.25) is 0 Å². The molecule has 2 aromatic carbocycles. The summed E-state index contributed by atoms with van der Waals surface area (Å²) in [5.74, 6) is -0.547. The van der Waals surface area contributed by atoms with E-state index in [0.717, 1.165) is 5.56 Å². The highest BCUT2D eigenvalue weighted by atomic mass is 32.1. The third-order valence-corrected chi connectivity index (χ3v) is 6.68. The molecule has 1 N–H and O–H groups in total. The van der Waals surface area contributed by atoms with Crippen LogP contribution in [0.15, 0.2) is 65.9 Å². The Morgan fingerprint density at radius 2 is 1.81 bits per heavy atom. The fraction of sp³-hybridized carbons (Fsp3) is 0.217. The van der Waals surface area contributed by atoms with Gasteiger partial charge in [-0.25, -0.2) is 9.69 Å². The molecule has 1 aliphatic heterocycles. The second kappa shape index (κ2) is 8.58. The summed E-state index contributed by atoms with van der Waals surface area (Å²) in [5, 5.41) is 12.0. The lowest BCUT2D eigenvalue weighted by molar-refractivity contribution is -0.695. The van der Waals surface area contributed by atoms with E-state index in [0.29, 0.717) is 26.8 Å². The van der Waals surface area contributed by atoms with Crippen LogP contribution in [0.5, 0.6) is 11.6 Å². The van der Waals surface area contributed by atoms with Crippen LogP contribution in [-0.2, 0) is 9.53 Å². The first-order valence-electron chi connectivity index (χ1n) is 9.73. The quantitative estimate of drug-likeness (QED) is 0.450. The maximum absolute atomic E-state index is 12.8. The Hall–Kier alpha value is -3.46. The van der Waals surface area contributed by atoms with E-state index in [9.17, 15) is 18.7 Å². The lowest BCUT2D eigenvalue weighted by Gasteiger charge is -2.27. The first kappa shape index (κ1) is 21.8. The minimum Gasteiger partial charge on any atom is -0.477 e. The zero-order valence-electron chi connectivity index (χ0n) is 17.6. The molecule has 3 aromatic rings.